The molecular formula is C16H16F4N4O. The van der Waals surface area contributed by atoms with Crippen molar-refractivity contribution >= 4 is 5.91 Å². The first-order valence-electron chi connectivity index (χ1n) is 7.72. The van der Waals surface area contributed by atoms with Gasteiger partial charge in [0.1, 0.15) is 11.5 Å². The summed E-state index contributed by atoms with van der Waals surface area (Å²) >= 11 is 0. The summed E-state index contributed by atoms with van der Waals surface area (Å²) in [7, 11) is 0. The number of halogens is 4. The van der Waals surface area contributed by atoms with Crippen LogP contribution in [0.4, 0.5) is 17.6 Å². The maximum absolute atomic E-state index is 13.9. The summed E-state index contributed by atoms with van der Waals surface area (Å²) in [6.07, 6.45) is -4.01. The quantitative estimate of drug-likeness (QED) is 0.841. The number of rotatable bonds is 2. The van der Waals surface area contributed by atoms with Crippen LogP contribution in [-0.2, 0) is 6.18 Å². The lowest BCUT2D eigenvalue weighted by Gasteiger charge is -2.32. The van der Waals surface area contributed by atoms with Crippen molar-refractivity contribution in [3.05, 3.63) is 47.5 Å². The first kappa shape index (κ1) is 17.4. The molecule has 1 N–H and O–H groups in total. The summed E-state index contributed by atoms with van der Waals surface area (Å²) in [5.41, 5.74) is -2.21. The molecule has 0 saturated carbocycles. The second-order valence-electron chi connectivity index (χ2n) is 5.87. The van der Waals surface area contributed by atoms with E-state index in [9.17, 15) is 22.4 Å². The zero-order valence-corrected chi connectivity index (χ0v) is 13.3. The van der Waals surface area contributed by atoms with Crippen LogP contribution in [0.2, 0.25) is 0 Å². The van der Waals surface area contributed by atoms with Crippen LogP contribution < -0.4 is 5.32 Å². The molecule has 0 aliphatic carbocycles. The van der Waals surface area contributed by atoms with Crippen molar-refractivity contribution in [3.63, 3.8) is 0 Å². The fraction of sp³-hybridized carbons (Fsp3) is 0.375. The highest BCUT2D eigenvalue weighted by molar-refractivity contribution is 5.95. The highest BCUT2D eigenvalue weighted by Crippen LogP contribution is 2.34. The van der Waals surface area contributed by atoms with Gasteiger partial charge in [-0.1, -0.05) is 12.1 Å². The second-order valence-corrected chi connectivity index (χ2v) is 5.87. The van der Waals surface area contributed by atoms with Gasteiger partial charge < -0.3 is 10.2 Å². The van der Waals surface area contributed by atoms with E-state index in [0.717, 1.165) is 12.3 Å². The molecular weight excluding hydrogens is 340 g/mol. The normalized spacial score (nSPS) is 18.4. The van der Waals surface area contributed by atoms with E-state index < -0.39 is 29.2 Å². The lowest BCUT2D eigenvalue weighted by molar-refractivity contribution is -0.143. The Labute approximate surface area is 141 Å². The minimum atomic E-state index is -4.86. The fourth-order valence-electron chi connectivity index (χ4n) is 2.87. The van der Waals surface area contributed by atoms with Gasteiger partial charge in [-0.3, -0.25) is 4.79 Å². The molecule has 1 saturated heterocycles. The van der Waals surface area contributed by atoms with Crippen LogP contribution in [-0.4, -0.2) is 46.3 Å². The Balaban J connectivity index is 2.06. The zero-order chi connectivity index (χ0) is 18.2. The first-order valence-corrected chi connectivity index (χ1v) is 7.72. The van der Waals surface area contributed by atoms with Gasteiger partial charge in [-0.2, -0.15) is 18.3 Å². The van der Waals surface area contributed by atoms with Crippen LogP contribution >= 0.6 is 0 Å². The molecule has 25 heavy (non-hydrogen) atoms. The predicted octanol–water partition coefficient (Wildman–Crippen LogP) is 2.46. The van der Waals surface area contributed by atoms with Crippen molar-refractivity contribution in [2.45, 2.75) is 19.1 Å². The second kappa shape index (κ2) is 6.47. The van der Waals surface area contributed by atoms with Gasteiger partial charge in [-0.25, -0.2) is 9.07 Å². The fourth-order valence-corrected chi connectivity index (χ4v) is 2.87. The van der Waals surface area contributed by atoms with E-state index >= 15 is 0 Å². The molecule has 1 aliphatic heterocycles. The molecule has 0 bridgehead atoms. The number of benzene rings is 1. The van der Waals surface area contributed by atoms with Crippen molar-refractivity contribution < 1.29 is 22.4 Å². The lowest BCUT2D eigenvalue weighted by atomic mass is 10.1. The Kier molecular flexibility index (Phi) is 4.51. The molecule has 2 heterocycles. The van der Waals surface area contributed by atoms with Crippen LogP contribution in [0.25, 0.3) is 5.69 Å². The van der Waals surface area contributed by atoms with E-state index in [-0.39, 0.29) is 11.7 Å². The number of para-hydroxylation sites is 1. The third-order valence-electron chi connectivity index (χ3n) is 4.00. The van der Waals surface area contributed by atoms with Crippen LogP contribution in [0, 0.1) is 5.82 Å². The van der Waals surface area contributed by atoms with Gasteiger partial charge in [-0.15, -0.1) is 0 Å². The summed E-state index contributed by atoms with van der Waals surface area (Å²) < 4.78 is 55.2. The minimum absolute atomic E-state index is 0.0198. The highest BCUT2D eigenvalue weighted by atomic mass is 19.4. The number of aromatic nitrogens is 2. The maximum atomic E-state index is 13.9. The molecule has 1 atom stereocenters. The molecule has 1 aromatic heterocycles. The van der Waals surface area contributed by atoms with E-state index in [1.54, 1.807) is 0 Å². The van der Waals surface area contributed by atoms with E-state index in [1.807, 2.05) is 6.92 Å². The molecule has 1 fully saturated rings. The summed E-state index contributed by atoms with van der Waals surface area (Å²) in [5, 5.41) is 6.76. The maximum Gasteiger partial charge on any atom is 0.434 e. The van der Waals surface area contributed by atoms with Gasteiger partial charge in [0.05, 0.1) is 11.8 Å². The number of hydrogen-bond donors (Lipinski definition) is 1. The minimum Gasteiger partial charge on any atom is -0.336 e. The Morgan fingerprint density at radius 3 is 2.68 bits per heavy atom. The van der Waals surface area contributed by atoms with Crippen LogP contribution in [0.15, 0.2) is 30.5 Å². The van der Waals surface area contributed by atoms with Gasteiger partial charge in [0.2, 0.25) is 0 Å². The topological polar surface area (TPSA) is 50.2 Å². The molecule has 1 aromatic carbocycles. The van der Waals surface area contributed by atoms with E-state index in [1.165, 1.54) is 23.1 Å². The average molecular weight is 356 g/mol. The molecule has 5 nitrogen and oxygen atoms in total. The van der Waals surface area contributed by atoms with E-state index in [0.29, 0.717) is 24.3 Å². The molecule has 2 aromatic rings. The number of alkyl halides is 3. The Bertz CT molecular complexity index is 787. The Hall–Kier alpha value is -2.42. The van der Waals surface area contributed by atoms with Crippen LogP contribution in [0.1, 0.15) is 23.0 Å². The van der Waals surface area contributed by atoms with Gasteiger partial charge in [0.25, 0.3) is 5.91 Å². The van der Waals surface area contributed by atoms with Gasteiger partial charge in [-0.05, 0) is 19.1 Å². The van der Waals surface area contributed by atoms with Gasteiger partial charge in [0, 0.05) is 25.7 Å². The van der Waals surface area contributed by atoms with E-state index in [4.69, 9.17) is 0 Å². The number of amides is 1. The molecule has 134 valence electrons. The number of carbonyl (C=O) groups is 1. The SMILES string of the molecule is CC1CN(C(=O)c2cnn(-c3ccccc3F)c2C(F)(F)F)CCN1. The predicted molar refractivity (Wildman–Crippen MR) is 81.9 cm³/mol. The summed E-state index contributed by atoms with van der Waals surface area (Å²) in [6.45, 7) is 2.93. The van der Waals surface area contributed by atoms with E-state index in [2.05, 4.69) is 10.4 Å². The monoisotopic (exact) mass is 356 g/mol. The highest BCUT2D eigenvalue weighted by Gasteiger charge is 2.42. The number of hydrogen-bond acceptors (Lipinski definition) is 3. The standard InChI is InChI=1S/C16H16F4N4O/c1-10-9-23(7-6-21-10)15(25)11-8-22-24(14(11)16(18,19)20)13-5-3-2-4-12(13)17/h2-5,8,10,21H,6-7,9H2,1H3. The zero-order valence-electron chi connectivity index (χ0n) is 13.3. The third kappa shape index (κ3) is 3.37. The van der Waals surface area contributed by atoms with Crippen LogP contribution in [0.3, 0.4) is 0 Å². The van der Waals surface area contributed by atoms with Crippen molar-refractivity contribution in [1.82, 2.24) is 20.0 Å². The Morgan fingerprint density at radius 1 is 1.32 bits per heavy atom. The average Bonchev–Trinajstić information content (AvgIpc) is 2.99. The van der Waals surface area contributed by atoms with Gasteiger partial charge >= 0.3 is 6.18 Å². The molecule has 0 spiro atoms. The van der Waals surface area contributed by atoms with Crippen molar-refractivity contribution in [2.75, 3.05) is 19.6 Å². The molecule has 9 heteroatoms. The number of nitrogens with zero attached hydrogens (tertiary/aromatic N) is 3. The number of piperazine rings is 1. The largest absolute Gasteiger partial charge is 0.434 e. The van der Waals surface area contributed by atoms with Gasteiger partial charge in [0.15, 0.2) is 5.69 Å². The summed E-state index contributed by atoms with van der Waals surface area (Å²) in [5.74, 6) is -1.62. The van der Waals surface area contributed by atoms with Crippen molar-refractivity contribution in [1.29, 1.82) is 0 Å². The Morgan fingerprint density at radius 2 is 2.04 bits per heavy atom. The smallest absolute Gasteiger partial charge is 0.336 e. The molecule has 1 amide bonds. The van der Waals surface area contributed by atoms with Crippen molar-refractivity contribution in [2.24, 2.45) is 0 Å². The summed E-state index contributed by atoms with van der Waals surface area (Å²) in [6, 6.07) is 4.97. The first-order chi connectivity index (χ1) is 11.8. The molecule has 0 radical (unpaired) electrons. The number of nitrogens with one attached hydrogen (secondary N) is 1. The lowest BCUT2D eigenvalue weighted by Crippen LogP contribution is -2.51. The van der Waals surface area contributed by atoms with Crippen LogP contribution in [0.5, 0.6) is 0 Å². The molecule has 1 aliphatic rings. The third-order valence-corrected chi connectivity index (χ3v) is 4.00. The molecule has 1 unspecified atom stereocenters. The molecule has 3 rings (SSSR count). The van der Waals surface area contributed by atoms with Crippen molar-refractivity contribution in [3.8, 4) is 5.69 Å². The number of carbonyl (C=O) groups excluding carboxylic acids is 1. The summed E-state index contributed by atoms with van der Waals surface area (Å²) in [4.78, 5) is 13.9.